The van der Waals surface area contributed by atoms with E-state index < -0.39 is 6.04 Å². The monoisotopic (exact) mass is 405 g/mol. The average molecular weight is 406 g/mol. The topological polar surface area (TPSA) is 52.7 Å². The number of hydrogen-bond donors (Lipinski definition) is 1. The Morgan fingerprint density at radius 2 is 1.69 bits per heavy atom. The van der Waals surface area contributed by atoms with E-state index in [1.807, 2.05) is 0 Å². The molecular formula is C23H36FN3O2. The highest BCUT2D eigenvalue weighted by Crippen LogP contribution is 2.33. The van der Waals surface area contributed by atoms with Gasteiger partial charge in [0.05, 0.1) is 6.54 Å². The highest BCUT2D eigenvalue weighted by molar-refractivity contribution is 5.87. The zero-order chi connectivity index (χ0) is 21.6. The minimum Gasteiger partial charge on any atom is -0.347 e. The van der Waals surface area contributed by atoms with Crippen LogP contribution in [-0.4, -0.2) is 54.3 Å². The van der Waals surface area contributed by atoms with E-state index >= 15 is 0 Å². The molecule has 2 atom stereocenters. The van der Waals surface area contributed by atoms with Gasteiger partial charge < -0.3 is 10.2 Å². The molecule has 0 aliphatic heterocycles. The predicted molar refractivity (Wildman–Crippen MR) is 114 cm³/mol. The molecule has 2 rings (SSSR count). The molecule has 0 aromatic heterocycles. The minimum absolute atomic E-state index is 0.00983. The summed E-state index contributed by atoms with van der Waals surface area (Å²) in [4.78, 5) is 28.6. The number of carbonyl (C=O) groups excluding carboxylic acids is 2. The van der Waals surface area contributed by atoms with Gasteiger partial charge in [-0.05, 0) is 63.1 Å². The Labute approximate surface area is 174 Å². The summed E-state index contributed by atoms with van der Waals surface area (Å²) >= 11 is 0. The third kappa shape index (κ3) is 6.53. The van der Waals surface area contributed by atoms with Gasteiger partial charge in [0.15, 0.2) is 0 Å². The third-order valence-corrected chi connectivity index (χ3v) is 6.23. The second-order valence-electron chi connectivity index (χ2n) is 8.50. The van der Waals surface area contributed by atoms with Crippen LogP contribution in [-0.2, 0) is 9.59 Å². The Morgan fingerprint density at radius 3 is 2.21 bits per heavy atom. The fraction of sp³-hybridized carbons (Fsp3) is 0.652. The lowest BCUT2D eigenvalue weighted by Gasteiger charge is -2.40. The number of likely N-dealkylation sites (N-methyl/N-ethyl adjacent to an activating group) is 1. The smallest absolute Gasteiger partial charge is 0.244 e. The van der Waals surface area contributed by atoms with Gasteiger partial charge in [-0.3, -0.25) is 14.5 Å². The van der Waals surface area contributed by atoms with Gasteiger partial charge in [0, 0.05) is 26.2 Å². The maximum absolute atomic E-state index is 13.4. The van der Waals surface area contributed by atoms with Crippen LogP contribution in [0.3, 0.4) is 0 Å². The number of carbonyl (C=O) groups is 2. The summed E-state index contributed by atoms with van der Waals surface area (Å²) in [5.74, 6) is 0.227. The zero-order valence-electron chi connectivity index (χ0n) is 18.5. The minimum atomic E-state index is -0.559. The molecule has 2 amide bonds. The Kier molecular flexibility index (Phi) is 8.62. The first-order valence-corrected chi connectivity index (χ1v) is 10.7. The van der Waals surface area contributed by atoms with E-state index in [0.29, 0.717) is 6.04 Å². The Hall–Kier alpha value is -1.95. The van der Waals surface area contributed by atoms with Crippen LogP contribution in [0.15, 0.2) is 24.3 Å². The molecule has 1 saturated carbocycles. The molecule has 1 aliphatic carbocycles. The van der Waals surface area contributed by atoms with Crippen molar-refractivity contribution in [1.29, 1.82) is 0 Å². The van der Waals surface area contributed by atoms with E-state index in [0.717, 1.165) is 24.3 Å². The first kappa shape index (κ1) is 23.3. The van der Waals surface area contributed by atoms with E-state index in [-0.39, 0.29) is 30.2 Å². The molecule has 1 aromatic carbocycles. The van der Waals surface area contributed by atoms with Crippen LogP contribution in [0, 0.1) is 11.7 Å². The number of nitrogens with one attached hydrogen (secondary N) is 1. The molecule has 1 aliphatic rings. The summed E-state index contributed by atoms with van der Waals surface area (Å²) in [5.41, 5.74) is 0.995. The summed E-state index contributed by atoms with van der Waals surface area (Å²) in [6, 6.07) is 6.26. The molecule has 1 N–H and O–H groups in total. The molecule has 5 nitrogen and oxygen atoms in total. The lowest BCUT2D eigenvalue weighted by atomic mass is 9.83. The summed E-state index contributed by atoms with van der Waals surface area (Å²) in [6.07, 6.45) is 5.66. The van der Waals surface area contributed by atoms with E-state index in [1.165, 1.54) is 36.3 Å². The predicted octanol–water partition coefficient (Wildman–Crippen LogP) is 3.75. The molecule has 0 saturated heterocycles. The highest BCUT2D eigenvalue weighted by Gasteiger charge is 2.31. The second-order valence-corrected chi connectivity index (χ2v) is 8.50. The molecule has 6 heteroatoms. The summed E-state index contributed by atoms with van der Waals surface area (Å²) in [7, 11) is 3.36. The van der Waals surface area contributed by atoms with E-state index in [1.54, 1.807) is 33.2 Å². The van der Waals surface area contributed by atoms with Gasteiger partial charge in [-0.1, -0.05) is 25.5 Å². The van der Waals surface area contributed by atoms with Crippen molar-refractivity contribution in [1.82, 2.24) is 15.1 Å². The van der Waals surface area contributed by atoms with Gasteiger partial charge in [0.2, 0.25) is 11.8 Å². The van der Waals surface area contributed by atoms with Gasteiger partial charge in [-0.25, -0.2) is 4.39 Å². The van der Waals surface area contributed by atoms with Gasteiger partial charge in [0.1, 0.15) is 11.9 Å². The van der Waals surface area contributed by atoms with Crippen molar-refractivity contribution in [3.05, 3.63) is 35.6 Å². The van der Waals surface area contributed by atoms with Crippen LogP contribution in [0.2, 0.25) is 0 Å². The molecule has 0 unspecified atom stereocenters. The lowest BCUT2D eigenvalue weighted by molar-refractivity contribution is -0.134. The molecular weight excluding hydrogens is 369 g/mol. The first-order valence-electron chi connectivity index (χ1n) is 10.7. The van der Waals surface area contributed by atoms with E-state index in [9.17, 15) is 14.0 Å². The number of amides is 2. The summed E-state index contributed by atoms with van der Waals surface area (Å²) in [5, 5.41) is 2.83. The summed E-state index contributed by atoms with van der Waals surface area (Å²) in [6.45, 7) is 6.24. The number of halogens is 1. The fourth-order valence-electron chi connectivity index (χ4n) is 4.30. The number of rotatable bonds is 8. The van der Waals surface area contributed by atoms with Gasteiger partial charge in [-0.2, -0.15) is 0 Å². The molecule has 0 heterocycles. The third-order valence-electron chi connectivity index (χ3n) is 6.23. The van der Waals surface area contributed by atoms with Crippen LogP contribution in [0.25, 0.3) is 0 Å². The lowest BCUT2D eigenvalue weighted by Crippen LogP contribution is -2.50. The van der Waals surface area contributed by atoms with Crippen molar-refractivity contribution in [3.8, 4) is 0 Å². The fourth-order valence-corrected chi connectivity index (χ4v) is 4.30. The van der Waals surface area contributed by atoms with Crippen molar-refractivity contribution in [2.75, 3.05) is 20.6 Å². The van der Waals surface area contributed by atoms with Crippen LogP contribution in [0.5, 0.6) is 0 Å². The Morgan fingerprint density at radius 1 is 1.10 bits per heavy atom. The number of benzene rings is 1. The first-order chi connectivity index (χ1) is 13.7. The molecule has 162 valence electrons. The Bertz CT molecular complexity index is 669. The van der Waals surface area contributed by atoms with Crippen molar-refractivity contribution < 1.29 is 14.0 Å². The number of hydrogen-bond acceptors (Lipinski definition) is 3. The van der Waals surface area contributed by atoms with Gasteiger partial charge in [0.25, 0.3) is 0 Å². The Balaban J connectivity index is 2.12. The average Bonchev–Trinajstić information content (AvgIpc) is 2.71. The summed E-state index contributed by atoms with van der Waals surface area (Å²) < 4.78 is 13.4. The van der Waals surface area contributed by atoms with Gasteiger partial charge in [-0.15, -0.1) is 0 Å². The normalized spacial score (nSPS) is 21.5. The zero-order valence-corrected chi connectivity index (χ0v) is 18.5. The highest BCUT2D eigenvalue weighted by atomic mass is 19.1. The molecule has 1 fully saturated rings. The van der Waals surface area contributed by atoms with Crippen LogP contribution in [0.4, 0.5) is 4.39 Å². The maximum Gasteiger partial charge on any atom is 0.244 e. The van der Waals surface area contributed by atoms with Crippen molar-refractivity contribution in [3.63, 3.8) is 0 Å². The van der Waals surface area contributed by atoms with E-state index in [4.69, 9.17) is 0 Å². The van der Waals surface area contributed by atoms with Crippen molar-refractivity contribution >= 4 is 11.8 Å². The molecule has 0 spiro atoms. The molecule has 0 bridgehead atoms. The standard InChI is InChI=1S/C23H36FN3O2/c1-6-18-7-13-21(14-8-18)27(17(3)19-9-11-20(24)12-10-19)15-22(28)25-16(2)23(29)26(4)5/h9-12,16-18,21H,6-8,13-15H2,1-5H3,(H,25,28)/t16-,17+,18?,21?/m1/s1. The SMILES string of the molecule is CCC1CCC(N(CC(=O)N[C@H](C)C(=O)N(C)C)[C@@H](C)c2ccc(F)cc2)CC1. The van der Waals surface area contributed by atoms with Crippen molar-refractivity contribution in [2.45, 2.75) is 71.0 Å². The number of nitrogens with zero attached hydrogens (tertiary/aromatic N) is 2. The van der Waals surface area contributed by atoms with Crippen LogP contribution in [0.1, 0.15) is 64.5 Å². The molecule has 1 aromatic rings. The van der Waals surface area contributed by atoms with Crippen LogP contribution < -0.4 is 5.32 Å². The molecule has 0 radical (unpaired) electrons. The molecule has 29 heavy (non-hydrogen) atoms. The van der Waals surface area contributed by atoms with Crippen molar-refractivity contribution in [2.24, 2.45) is 5.92 Å². The second kappa shape index (κ2) is 10.7. The quantitative estimate of drug-likeness (QED) is 0.717. The van der Waals surface area contributed by atoms with E-state index in [2.05, 4.69) is 24.1 Å². The largest absolute Gasteiger partial charge is 0.347 e. The van der Waals surface area contributed by atoms with Gasteiger partial charge >= 0.3 is 0 Å². The maximum atomic E-state index is 13.4. The van der Waals surface area contributed by atoms with Crippen LogP contribution >= 0.6 is 0 Å².